The summed E-state index contributed by atoms with van der Waals surface area (Å²) in [4.78, 5) is 15.8. The second-order valence-electron chi connectivity index (χ2n) is 4.73. The molecule has 5 nitrogen and oxygen atoms in total. The zero-order valence-corrected chi connectivity index (χ0v) is 11.0. The van der Waals surface area contributed by atoms with Crippen LogP contribution in [0.15, 0.2) is 18.5 Å². The SMILES string of the molecule is FC(F)(F)c1ccnc(NCc2ncc3c(n2)CCC3)n1. The minimum Gasteiger partial charge on any atom is -0.347 e. The van der Waals surface area contributed by atoms with Gasteiger partial charge in [0.25, 0.3) is 0 Å². The summed E-state index contributed by atoms with van der Waals surface area (Å²) < 4.78 is 37.6. The minimum atomic E-state index is -4.48. The van der Waals surface area contributed by atoms with E-state index in [0.29, 0.717) is 5.82 Å². The Hall–Kier alpha value is -2.25. The lowest BCUT2D eigenvalue weighted by Gasteiger charge is -2.08. The third-order valence-electron chi connectivity index (χ3n) is 3.21. The highest BCUT2D eigenvalue weighted by Crippen LogP contribution is 2.27. The van der Waals surface area contributed by atoms with Crippen molar-refractivity contribution >= 4 is 5.95 Å². The lowest BCUT2D eigenvalue weighted by molar-refractivity contribution is -0.141. The number of fused-ring (bicyclic) bond motifs is 1. The molecule has 2 aromatic heterocycles. The normalized spacial score (nSPS) is 14.0. The predicted octanol–water partition coefficient (Wildman–Crippen LogP) is 2.39. The van der Waals surface area contributed by atoms with Crippen LogP contribution >= 0.6 is 0 Å². The largest absolute Gasteiger partial charge is 0.433 e. The number of nitrogens with zero attached hydrogens (tertiary/aromatic N) is 4. The van der Waals surface area contributed by atoms with E-state index in [2.05, 4.69) is 25.3 Å². The topological polar surface area (TPSA) is 63.6 Å². The van der Waals surface area contributed by atoms with Gasteiger partial charge in [-0.1, -0.05) is 0 Å². The molecule has 1 N–H and O–H groups in total. The van der Waals surface area contributed by atoms with Crippen LogP contribution in [0.2, 0.25) is 0 Å². The summed E-state index contributed by atoms with van der Waals surface area (Å²) in [6.07, 6.45) is 1.34. The van der Waals surface area contributed by atoms with Gasteiger partial charge in [-0.25, -0.2) is 19.9 Å². The van der Waals surface area contributed by atoms with Crippen LogP contribution in [0.25, 0.3) is 0 Å². The minimum absolute atomic E-state index is 0.0890. The van der Waals surface area contributed by atoms with Crippen molar-refractivity contribution in [2.75, 3.05) is 5.32 Å². The number of halogens is 3. The molecule has 0 saturated carbocycles. The Morgan fingerprint density at radius 2 is 2.00 bits per heavy atom. The summed E-state index contributed by atoms with van der Waals surface area (Å²) in [5, 5.41) is 2.72. The molecule has 0 spiro atoms. The smallest absolute Gasteiger partial charge is 0.347 e. The molecule has 3 rings (SSSR count). The van der Waals surface area contributed by atoms with E-state index < -0.39 is 11.9 Å². The highest BCUT2D eigenvalue weighted by Gasteiger charge is 2.32. The van der Waals surface area contributed by atoms with Crippen molar-refractivity contribution in [3.05, 3.63) is 41.2 Å². The molecule has 2 aromatic rings. The van der Waals surface area contributed by atoms with Gasteiger partial charge in [0, 0.05) is 18.1 Å². The molecule has 110 valence electrons. The third kappa shape index (κ3) is 3.09. The number of alkyl halides is 3. The fourth-order valence-corrected chi connectivity index (χ4v) is 2.20. The lowest BCUT2D eigenvalue weighted by atomic mass is 10.3. The summed E-state index contributed by atoms with van der Waals surface area (Å²) in [7, 11) is 0. The molecule has 8 heteroatoms. The number of aromatic nitrogens is 4. The van der Waals surface area contributed by atoms with Gasteiger partial charge in [-0.2, -0.15) is 13.2 Å². The van der Waals surface area contributed by atoms with Crippen molar-refractivity contribution in [1.82, 2.24) is 19.9 Å². The molecular weight excluding hydrogens is 283 g/mol. The third-order valence-corrected chi connectivity index (χ3v) is 3.21. The van der Waals surface area contributed by atoms with Crippen LogP contribution in [0.5, 0.6) is 0 Å². The number of hydrogen-bond acceptors (Lipinski definition) is 5. The van der Waals surface area contributed by atoms with E-state index in [0.717, 1.165) is 42.8 Å². The average Bonchev–Trinajstić information content (AvgIpc) is 2.92. The van der Waals surface area contributed by atoms with Crippen LogP contribution in [0.3, 0.4) is 0 Å². The van der Waals surface area contributed by atoms with Gasteiger partial charge in [0.1, 0.15) is 11.5 Å². The number of anilines is 1. The van der Waals surface area contributed by atoms with Crippen molar-refractivity contribution in [2.24, 2.45) is 0 Å². The van der Waals surface area contributed by atoms with Crippen LogP contribution in [0, 0.1) is 0 Å². The maximum Gasteiger partial charge on any atom is 0.433 e. The highest BCUT2D eigenvalue weighted by atomic mass is 19.4. The molecule has 2 heterocycles. The molecule has 0 unspecified atom stereocenters. The Morgan fingerprint density at radius 1 is 1.14 bits per heavy atom. The van der Waals surface area contributed by atoms with Gasteiger partial charge in [0.2, 0.25) is 5.95 Å². The number of hydrogen-bond donors (Lipinski definition) is 1. The lowest BCUT2D eigenvalue weighted by Crippen LogP contribution is -2.12. The Morgan fingerprint density at radius 3 is 2.81 bits per heavy atom. The van der Waals surface area contributed by atoms with Gasteiger partial charge in [0.15, 0.2) is 0 Å². The average molecular weight is 295 g/mol. The summed E-state index contributed by atoms with van der Waals surface area (Å²) in [6, 6.07) is 0.830. The molecule has 0 saturated heterocycles. The van der Waals surface area contributed by atoms with Crippen LogP contribution in [0.1, 0.15) is 29.2 Å². The Bertz CT molecular complexity index is 656. The van der Waals surface area contributed by atoms with E-state index in [1.165, 1.54) is 0 Å². The Balaban J connectivity index is 1.70. The first-order valence-electron chi connectivity index (χ1n) is 6.50. The monoisotopic (exact) mass is 295 g/mol. The molecule has 0 radical (unpaired) electrons. The fraction of sp³-hybridized carbons (Fsp3) is 0.385. The Labute approximate surface area is 118 Å². The predicted molar refractivity (Wildman–Crippen MR) is 68.4 cm³/mol. The molecule has 21 heavy (non-hydrogen) atoms. The summed E-state index contributed by atoms with van der Waals surface area (Å²) in [5.41, 5.74) is 1.19. The van der Waals surface area contributed by atoms with E-state index in [1.54, 1.807) is 6.20 Å². The molecule has 0 atom stereocenters. The van der Waals surface area contributed by atoms with Gasteiger partial charge in [-0.15, -0.1) is 0 Å². The second kappa shape index (κ2) is 5.27. The number of rotatable bonds is 3. The van der Waals surface area contributed by atoms with Crippen LogP contribution in [0.4, 0.5) is 19.1 Å². The van der Waals surface area contributed by atoms with E-state index in [1.807, 2.05) is 0 Å². The molecule has 1 aliphatic rings. The zero-order chi connectivity index (χ0) is 14.9. The Kier molecular flexibility index (Phi) is 3.44. The zero-order valence-electron chi connectivity index (χ0n) is 11.0. The van der Waals surface area contributed by atoms with Crippen molar-refractivity contribution in [3.63, 3.8) is 0 Å². The van der Waals surface area contributed by atoms with E-state index in [4.69, 9.17) is 0 Å². The second-order valence-corrected chi connectivity index (χ2v) is 4.73. The summed E-state index contributed by atoms with van der Waals surface area (Å²) >= 11 is 0. The van der Waals surface area contributed by atoms with Crippen LogP contribution in [-0.4, -0.2) is 19.9 Å². The van der Waals surface area contributed by atoms with Crippen molar-refractivity contribution in [3.8, 4) is 0 Å². The van der Waals surface area contributed by atoms with Gasteiger partial charge in [0.05, 0.1) is 6.54 Å². The maximum atomic E-state index is 12.5. The van der Waals surface area contributed by atoms with Crippen LogP contribution < -0.4 is 5.32 Å². The summed E-state index contributed by atoms with van der Waals surface area (Å²) in [6.45, 7) is 0.189. The van der Waals surface area contributed by atoms with Crippen molar-refractivity contribution in [1.29, 1.82) is 0 Å². The summed E-state index contributed by atoms with van der Waals surface area (Å²) in [5.74, 6) is 0.436. The number of nitrogens with one attached hydrogen (secondary N) is 1. The first-order valence-corrected chi connectivity index (χ1v) is 6.50. The van der Waals surface area contributed by atoms with Crippen molar-refractivity contribution in [2.45, 2.75) is 32.0 Å². The van der Waals surface area contributed by atoms with E-state index >= 15 is 0 Å². The van der Waals surface area contributed by atoms with E-state index in [-0.39, 0.29) is 12.5 Å². The number of aryl methyl sites for hydroxylation is 2. The standard InChI is InChI=1S/C13H12F3N5/c14-13(15,16)10-4-5-17-12(21-10)19-7-11-18-6-8-2-1-3-9(8)20-11/h4-6H,1-3,7H2,(H,17,19,21). The molecule has 0 amide bonds. The van der Waals surface area contributed by atoms with Gasteiger partial charge < -0.3 is 5.32 Å². The molecular formula is C13H12F3N5. The van der Waals surface area contributed by atoms with E-state index in [9.17, 15) is 13.2 Å². The first-order chi connectivity index (χ1) is 10.0. The fourth-order valence-electron chi connectivity index (χ4n) is 2.20. The van der Waals surface area contributed by atoms with Gasteiger partial charge >= 0.3 is 6.18 Å². The quantitative estimate of drug-likeness (QED) is 0.942. The maximum absolute atomic E-state index is 12.5. The molecule has 0 aromatic carbocycles. The van der Waals surface area contributed by atoms with Crippen molar-refractivity contribution < 1.29 is 13.2 Å². The van der Waals surface area contributed by atoms with Crippen LogP contribution in [-0.2, 0) is 25.6 Å². The van der Waals surface area contributed by atoms with Gasteiger partial charge in [-0.3, -0.25) is 0 Å². The molecule has 0 bridgehead atoms. The molecule has 0 fully saturated rings. The molecule has 1 aliphatic carbocycles. The van der Waals surface area contributed by atoms with Gasteiger partial charge in [-0.05, 0) is 30.9 Å². The highest BCUT2D eigenvalue weighted by molar-refractivity contribution is 5.27. The molecule has 0 aliphatic heterocycles. The first kappa shape index (κ1) is 13.7.